The van der Waals surface area contributed by atoms with Gasteiger partial charge in [-0.05, 0) is 44.2 Å². The lowest BCUT2D eigenvalue weighted by Gasteiger charge is -2.29. The fraction of sp³-hybridized carbons (Fsp3) is 0.529. The summed E-state index contributed by atoms with van der Waals surface area (Å²) in [5, 5.41) is 1.36. The molecule has 1 aromatic carbocycles. The van der Waals surface area contributed by atoms with Crippen LogP contribution in [0.5, 0.6) is 0 Å². The van der Waals surface area contributed by atoms with Gasteiger partial charge in [0, 0.05) is 17.5 Å². The van der Waals surface area contributed by atoms with Gasteiger partial charge in [-0.3, -0.25) is 0 Å². The Morgan fingerprint density at radius 2 is 1.71 bits per heavy atom. The summed E-state index contributed by atoms with van der Waals surface area (Å²) < 4.78 is 27.0. The Hall–Kier alpha value is -1.13. The molecular formula is C17H25NO2S. The molecule has 1 unspecified atom stereocenters. The highest BCUT2D eigenvalue weighted by molar-refractivity contribution is 7.92. The van der Waals surface area contributed by atoms with Gasteiger partial charge in [0.15, 0.2) is 0 Å². The molecule has 1 fully saturated rings. The first-order chi connectivity index (χ1) is 9.81. The second kappa shape index (κ2) is 6.32. The molecule has 4 heteroatoms. The molecular weight excluding hydrogens is 282 g/mol. The molecule has 1 aromatic rings. The zero-order chi connectivity index (χ0) is 15.6. The maximum absolute atomic E-state index is 12.6. The van der Waals surface area contributed by atoms with Crippen LogP contribution in [-0.2, 0) is 10.0 Å². The largest absolute Gasteiger partial charge is 0.236 e. The van der Waals surface area contributed by atoms with Gasteiger partial charge in [0.1, 0.15) is 0 Å². The standard InChI is InChI=1S/C17H25NO2S/c1-13(2)15(4)18(17-9-10-17)21(19,20)12-11-16-7-5-14(3)6-8-16/h5-8,11-13,15,17H,9-10H2,1-4H3/b12-11+. The van der Waals surface area contributed by atoms with Gasteiger partial charge in [-0.15, -0.1) is 0 Å². The van der Waals surface area contributed by atoms with Gasteiger partial charge in [-0.25, -0.2) is 8.42 Å². The van der Waals surface area contributed by atoms with Crippen molar-refractivity contribution in [3.05, 3.63) is 40.8 Å². The fourth-order valence-corrected chi connectivity index (χ4v) is 4.11. The van der Waals surface area contributed by atoms with E-state index in [1.807, 2.05) is 38.1 Å². The van der Waals surface area contributed by atoms with E-state index in [1.54, 1.807) is 10.4 Å². The van der Waals surface area contributed by atoms with E-state index in [2.05, 4.69) is 13.8 Å². The molecule has 116 valence electrons. The summed E-state index contributed by atoms with van der Waals surface area (Å²) in [4.78, 5) is 0. The van der Waals surface area contributed by atoms with E-state index in [1.165, 1.54) is 11.0 Å². The maximum Gasteiger partial charge on any atom is 0.236 e. The molecule has 0 spiro atoms. The SMILES string of the molecule is Cc1ccc(/C=C/S(=O)(=O)N(C2CC2)C(C)C(C)C)cc1. The summed E-state index contributed by atoms with van der Waals surface area (Å²) in [6.07, 6.45) is 3.65. The van der Waals surface area contributed by atoms with Crippen molar-refractivity contribution in [2.24, 2.45) is 5.92 Å². The van der Waals surface area contributed by atoms with Crippen molar-refractivity contribution in [1.82, 2.24) is 4.31 Å². The smallest absolute Gasteiger partial charge is 0.207 e. The average Bonchev–Trinajstić information content (AvgIpc) is 3.22. The normalized spacial score (nSPS) is 17.8. The van der Waals surface area contributed by atoms with Crippen molar-refractivity contribution in [2.45, 2.75) is 52.6 Å². The Bertz CT molecular complexity index is 598. The third-order valence-corrected chi connectivity index (χ3v) is 5.78. The first-order valence-electron chi connectivity index (χ1n) is 7.59. The van der Waals surface area contributed by atoms with Crippen LogP contribution in [0.4, 0.5) is 0 Å². The minimum Gasteiger partial charge on any atom is -0.207 e. The number of aryl methyl sites for hydroxylation is 1. The van der Waals surface area contributed by atoms with E-state index < -0.39 is 10.0 Å². The van der Waals surface area contributed by atoms with Gasteiger partial charge >= 0.3 is 0 Å². The predicted molar refractivity (Wildman–Crippen MR) is 88.3 cm³/mol. The zero-order valence-corrected chi connectivity index (χ0v) is 14.1. The highest BCUT2D eigenvalue weighted by Gasteiger charge is 2.39. The minimum atomic E-state index is -3.36. The molecule has 1 aliphatic rings. The van der Waals surface area contributed by atoms with E-state index in [0.717, 1.165) is 18.4 Å². The van der Waals surface area contributed by atoms with Gasteiger partial charge in [0.2, 0.25) is 10.0 Å². The summed E-state index contributed by atoms with van der Waals surface area (Å²) in [5.74, 6) is 0.313. The monoisotopic (exact) mass is 307 g/mol. The van der Waals surface area contributed by atoms with Crippen molar-refractivity contribution in [1.29, 1.82) is 0 Å². The molecule has 0 amide bonds. The minimum absolute atomic E-state index is 0.0326. The van der Waals surface area contributed by atoms with E-state index in [9.17, 15) is 8.42 Å². The van der Waals surface area contributed by atoms with Gasteiger partial charge in [-0.1, -0.05) is 43.7 Å². The lowest BCUT2D eigenvalue weighted by atomic mass is 10.1. The van der Waals surface area contributed by atoms with E-state index in [0.29, 0.717) is 5.92 Å². The first-order valence-corrected chi connectivity index (χ1v) is 9.10. The Balaban J connectivity index is 2.20. The number of hydrogen-bond donors (Lipinski definition) is 0. The van der Waals surface area contributed by atoms with E-state index in [-0.39, 0.29) is 12.1 Å². The van der Waals surface area contributed by atoms with Gasteiger partial charge < -0.3 is 0 Å². The van der Waals surface area contributed by atoms with Gasteiger partial charge in [0.05, 0.1) is 0 Å². The lowest BCUT2D eigenvalue weighted by Crippen LogP contribution is -2.41. The first kappa shape index (κ1) is 16.2. The molecule has 1 aliphatic carbocycles. The number of nitrogens with zero attached hydrogens (tertiary/aromatic N) is 1. The molecule has 0 aromatic heterocycles. The molecule has 0 aliphatic heterocycles. The maximum atomic E-state index is 12.6. The van der Waals surface area contributed by atoms with Crippen molar-refractivity contribution in [3.8, 4) is 0 Å². The van der Waals surface area contributed by atoms with Gasteiger partial charge in [0.25, 0.3) is 0 Å². The number of rotatable bonds is 6. The molecule has 0 saturated heterocycles. The topological polar surface area (TPSA) is 37.4 Å². The molecule has 0 bridgehead atoms. The predicted octanol–water partition coefficient (Wildman–Crippen LogP) is 3.80. The Morgan fingerprint density at radius 3 is 2.19 bits per heavy atom. The molecule has 2 rings (SSSR count). The third kappa shape index (κ3) is 4.17. The van der Waals surface area contributed by atoms with Crippen LogP contribution in [0.3, 0.4) is 0 Å². The van der Waals surface area contributed by atoms with Crippen LogP contribution in [0, 0.1) is 12.8 Å². The van der Waals surface area contributed by atoms with E-state index >= 15 is 0 Å². The van der Waals surface area contributed by atoms with E-state index in [4.69, 9.17) is 0 Å². The molecule has 21 heavy (non-hydrogen) atoms. The average molecular weight is 307 g/mol. The number of benzene rings is 1. The summed E-state index contributed by atoms with van der Waals surface area (Å²) in [7, 11) is -3.36. The quantitative estimate of drug-likeness (QED) is 0.801. The highest BCUT2D eigenvalue weighted by atomic mass is 32.2. The van der Waals surface area contributed by atoms with Crippen molar-refractivity contribution >= 4 is 16.1 Å². The van der Waals surface area contributed by atoms with Crippen LogP contribution in [-0.4, -0.2) is 24.8 Å². The van der Waals surface area contributed by atoms with Crippen LogP contribution in [0.2, 0.25) is 0 Å². The van der Waals surface area contributed by atoms with Crippen LogP contribution in [0.1, 0.15) is 44.7 Å². The van der Waals surface area contributed by atoms with Crippen LogP contribution in [0.25, 0.3) is 6.08 Å². The fourth-order valence-electron chi connectivity index (χ4n) is 2.31. The molecule has 1 atom stereocenters. The summed E-state index contributed by atoms with van der Waals surface area (Å²) in [5.41, 5.74) is 2.08. The van der Waals surface area contributed by atoms with Gasteiger partial charge in [-0.2, -0.15) is 4.31 Å². The summed E-state index contributed by atoms with van der Waals surface area (Å²) >= 11 is 0. The third-order valence-electron chi connectivity index (χ3n) is 4.08. The Morgan fingerprint density at radius 1 is 1.14 bits per heavy atom. The highest BCUT2D eigenvalue weighted by Crippen LogP contribution is 2.33. The molecule has 0 heterocycles. The second-order valence-corrected chi connectivity index (χ2v) is 8.03. The lowest BCUT2D eigenvalue weighted by molar-refractivity contribution is 0.272. The summed E-state index contributed by atoms with van der Waals surface area (Å²) in [6, 6.07) is 8.08. The van der Waals surface area contributed by atoms with Crippen molar-refractivity contribution in [3.63, 3.8) is 0 Å². The van der Waals surface area contributed by atoms with Crippen LogP contribution < -0.4 is 0 Å². The van der Waals surface area contributed by atoms with Crippen molar-refractivity contribution < 1.29 is 8.42 Å². The van der Waals surface area contributed by atoms with Crippen LogP contribution in [0.15, 0.2) is 29.7 Å². The zero-order valence-electron chi connectivity index (χ0n) is 13.3. The molecule has 0 radical (unpaired) electrons. The summed E-state index contributed by atoms with van der Waals surface area (Å²) in [6.45, 7) is 8.15. The van der Waals surface area contributed by atoms with Crippen molar-refractivity contribution in [2.75, 3.05) is 0 Å². The Kier molecular flexibility index (Phi) is 4.89. The molecule has 0 N–H and O–H groups in total. The molecule has 3 nitrogen and oxygen atoms in total. The Labute approximate surface area is 128 Å². The number of hydrogen-bond acceptors (Lipinski definition) is 2. The van der Waals surface area contributed by atoms with Crippen LogP contribution >= 0.6 is 0 Å². The molecule has 1 saturated carbocycles. The number of sulfonamides is 1. The second-order valence-electron chi connectivity index (χ2n) is 6.30.